The maximum Gasteiger partial charge on any atom is 0.328 e. The third-order valence-corrected chi connectivity index (χ3v) is 12.3. The molecular weight excluding hydrogens is 494 g/mol. The van der Waals surface area contributed by atoms with Gasteiger partial charge in [-0.2, -0.15) is 0 Å². The summed E-state index contributed by atoms with van der Waals surface area (Å²) in [6.07, 6.45) is 4.08. The Morgan fingerprint density at radius 1 is 0.941 bits per heavy atom. The largest absolute Gasteiger partial charge is 0.465 e. The SMILES string of the molecule is CCOC(=O)C(COCSSCCCCCCN=[N+]=[N-])(CO[Si](C)(C)C(C)(C)C)C(=O)OCC. The molecule has 0 saturated heterocycles. The van der Waals surface area contributed by atoms with Crippen LogP contribution in [-0.4, -0.2) is 64.9 Å². The number of ether oxygens (including phenoxy) is 3. The van der Waals surface area contributed by atoms with Crippen LogP contribution in [0.25, 0.3) is 10.4 Å². The summed E-state index contributed by atoms with van der Waals surface area (Å²) in [6.45, 7) is 14.4. The number of rotatable bonds is 19. The highest BCUT2D eigenvalue weighted by Gasteiger charge is 2.52. The summed E-state index contributed by atoms with van der Waals surface area (Å²) in [4.78, 5) is 28.7. The summed E-state index contributed by atoms with van der Waals surface area (Å²) in [5, 5.41) is 3.44. The van der Waals surface area contributed by atoms with Gasteiger partial charge in [0, 0.05) is 17.2 Å². The minimum atomic E-state index is -2.24. The molecule has 198 valence electrons. The van der Waals surface area contributed by atoms with Crippen molar-refractivity contribution < 1.29 is 28.2 Å². The predicted molar refractivity (Wildman–Crippen MR) is 142 cm³/mol. The Morgan fingerprint density at radius 3 is 2.06 bits per heavy atom. The molecule has 0 heterocycles. The van der Waals surface area contributed by atoms with Gasteiger partial charge in [0.05, 0.1) is 26.4 Å². The number of hydrogen-bond acceptors (Lipinski definition) is 9. The van der Waals surface area contributed by atoms with Crippen molar-refractivity contribution >= 4 is 41.8 Å². The van der Waals surface area contributed by atoms with Gasteiger partial charge in [-0.15, -0.1) is 0 Å². The van der Waals surface area contributed by atoms with E-state index in [2.05, 4.69) is 43.9 Å². The average Bonchev–Trinajstić information content (AvgIpc) is 2.76. The second kappa shape index (κ2) is 17.5. The summed E-state index contributed by atoms with van der Waals surface area (Å²) in [5.74, 6) is -0.0660. The Labute approximate surface area is 213 Å². The second-order valence-electron chi connectivity index (χ2n) is 9.35. The van der Waals surface area contributed by atoms with E-state index in [0.717, 1.165) is 31.4 Å². The molecule has 0 amide bonds. The van der Waals surface area contributed by atoms with E-state index >= 15 is 0 Å². The molecule has 0 aliphatic carbocycles. The van der Waals surface area contributed by atoms with E-state index in [4.69, 9.17) is 24.2 Å². The molecular formula is C22H43N3O6S2Si. The van der Waals surface area contributed by atoms with Gasteiger partial charge in [-0.3, -0.25) is 9.59 Å². The van der Waals surface area contributed by atoms with Crippen molar-refractivity contribution in [2.75, 3.05) is 44.7 Å². The van der Waals surface area contributed by atoms with Crippen LogP contribution in [0.1, 0.15) is 60.3 Å². The van der Waals surface area contributed by atoms with E-state index in [9.17, 15) is 9.59 Å². The van der Waals surface area contributed by atoms with Crippen molar-refractivity contribution in [3.05, 3.63) is 10.4 Å². The first-order valence-corrected chi connectivity index (χ1v) is 17.2. The van der Waals surface area contributed by atoms with Crippen LogP contribution in [0.4, 0.5) is 0 Å². The summed E-state index contributed by atoms with van der Waals surface area (Å²) in [7, 11) is 0.979. The average molecular weight is 538 g/mol. The standard InChI is InChI=1S/C22H43N3O6S2Si/c1-8-29-19(26)22(20(27)30-9-2,17-31-34(6,7)21(3,4)5)16-28-18-33-32-15-13-11-10-12-14-24-25-23/h8-18H2,1-7H3. The first-order valence-electron chi connectivity index (χ1n) is 11.8. The molecule has 0 aromatic rings. The van der Waals surface area contributed by atoms with Crippen molar-refractivity contribution in [1.29, 1.82) is 0 Å². The maximum atomic E-state index is 13.0. The van der Waals surface area contributed by atoms with Gasteiger partial charge in [-0.1, -0.05) is 60.3 Å². The van der Waals surface area contributed by atoms with Crippen molar-refractivity contribution in [2.24, 2.45) is 10.5 Å². The minimum Gasteiger partial charge on any atom is -0.465 e. The first kappa shape index (κ1) is 33.1. The molecule has 0 N–H and O–H groups in total. The molecule has 0 aromatic carbocycles. The highest BCUT2D eigenvalue weighted by molar-refractivity contribution is 8.76. The zero-order chi connectivity index (χ0) is 26.1. The highest BCUT2D eigenvalue weighted by atomic mass is 33.1. The van der Waals surface area contributed by atoms with Crippen LogP contribution in [0.5, 0.6) is 0 Å². The van der Waals surface area contributed by atoms with E-state index in [1.807, 2.05) is 0 Å². The number of unbranched alkanes of at least 4 members (excludes halogenated alkanes) is 3. The Morgan fingerprint density at radius 2 is 1.53 bits per heavy atom. The van der Waals surface area contributed by atoms with Gasteiger partial charge >= 0.3 is 11.9 Å². The van der Waals surface area contributed by atoms with Gasteiger partial charge in [-0.25, -0.2) is 0 Å². The van der Waals surface area contributed by atoms with E-state index in [1.165, 1.54) is 10.8 Å². The minimum absolute atomic E-state index is 0.0850. The molecule has 0 fully saturated rings. The van der Waals surface area contributed by atoms with Crippen LogP contribution in [-0.2, 0) is 28.2 Å². The Hall–Kier alpha value is -0.913. The number of esters is 2. The number of hydrogen-bond donors (Lipinski definition) is 0. The van der Waals surface area contributed by atoms with Gasteiger partial charge in [-0.05, 0) is 50.4 Å². The number of nitrogens with zero attached hydrogens (tertiary/aromatic N) is 3. The third kappa shape index (κ3) is 12.2. The lowest BCUT2D eigenvalue weighted by molar-refractivity contribution is -0.179. The molecule has 0 rings (SSSR count). The van der Waals surface area contributed by atoms with Crippen LogP contribution in [0.2, 0.25) is 18.1 Å². The lowest BCUT2D eigenvalue weighted by Gasteiger charge is -2.39. The van der Waals surface area contributed by atoms with Crippen molar-refractivity contribution in [3.8, 4) is 0 Å². The third-order valence-electron chi connectivity index (χ3n) is 5.68. The number of azide groups is 1. The fraction of sp³-hybridized carbons (Fsp3) is 0.909. The fourth-order valence-corrected chi connectivity index (χ4v) is 5.32. The molecule has 12 heteroatoms. The van der Waals surface area contributed by atoms with E-state index in [1.54, 1.807) is 24.6 Å². The van der Waals surface area contributed by atoms with Crippen molar-refractivity contribution in [1.82, 2.24) is 0 Å². The zero-order valence-electron chi connectivity index (χ0n) is 21.9. The molecule has 0 aliphatic rings. The maximum absolute atomic E-state index is 13.0. The van der Waals surface area contributed by atoms with Crippen LogP contribution >= 0.6 is 21.6 Å². The quantitative estimate of drug-likeness (QED) is 0.0215. The first-order chi connectivity index (χ1) is 16.0. The molecule has 34 heavy (non-hydrogen) atoms. The van der Waals surface area contributed by atoms with Gasteiger partial charge in [0.2, 0.25) is 5.41 Å². The topological polar surface area (TPSA) is 120 Å². The van der Waals surface area contributed by atoms with E-state index < -0.39 is 25.7 Å². The lowest BCUT2D eigenvalue weighted by atomic mass is 9.90. The normalized spacial score (nSPS) is 12.2. The molecule has 0 aromatic heterocycles. The number of carbonyl (C=O) groups is 2. The lowest BCUT2D eigenvalue weighted by Crippen LogP contribution is -2.53. The van der Waals surface area contributed by atoms with Gasteiger partial charge in [0.1, 0.15) is 5.94 Å². The summed E-state index contributed by atoms with van der Waals surface area (Å²) in [6, 6.07) is 0. The molecule has 0 radical (unpaired) electrons. The second-order valence-corrected chi connectivity index (χ2v) is 16.7. The molecule has 0 atom stereocenters. The van der Waals surface area contributed by atoms with Crippen LogP contribution in [0.3, 0.4) is 0 Å². The van der Waals surface area contributed by atoms with Crippen LogP contribution < -0.4 is 0 Å². The van der Waals surface area contributed by atoms with E-state index in [-0.39, 0.29) is 31.5 Å². The van der Waals surface area contributed by atoms with Crippen molar-refractivity contribution in [3.63, 3.8) is 0 Å². The summed E-state index contributed by atoms with van der Waals surface area (Å²) < 4.78 is 22.6. The highest BCUT2D eigenvalue weighted by Crippen LogP contribution is 2.38. The molecule has 0 bridgehead atoms. The Kier molecular flexibility index (Phi) is 17.0. The van der Waals surface area contributed by atoms with Gasteiger partial charge in [0.15, 0.2) is 8.32 Å². The van der Waals surface area contributed by atoms with E-state index in [0.29, 0.717) is 12.5 Å². The molecule has 0 saturated carbocycles. The predicted octanol–water partition coefficient (Wildman–Crippen LogP) is 6.35. The van der Waals surface area contributed by atoms with Gasteiger partial charge < -0.3 is 18.6 Å². The Balaban J connectivity index is 4.92. The molecule has 0 unspecified atom stereocenters. The van der Waals surface area contributed by atoms with Crippen LogP contribution in [0, 0.1) is 5.41 Å². The van der Waals surface area contributed by atoms with Crippen molar-refractivity contribution in [2.45, 2.75) is 78.4 Å². The number of carbonyl (C=O) groups excluding carboxylic acids is 2. The summed E-state index contributed by atoms with van der Waals surface area (Å²) >= 11 is 0. The molecule has 0 spiro atoms. The van der Waals surface area contributed by atoms with Gasteiger partial charge in [0.25, 0.3) is 0 Å². The fourth-order valence-electron chi connectivity index (χ4n) is 2.50. The molecule has 0 aliphatic heterocycles. The summed E-state index contributed by atoms with van der Waals surface area (Å²) in [5.41, 5.74) is 6.60. The molecule has 9 nitrogen and oxygen atoms in total. The zero-order valence-corrected chi connectivity index (χ0v) is 24.5. The monoisotopic (exact) mass is 537 g/mol. The van der Waals surface area contributed by atoms with Crippen LogP contribution in [0.15, 0.2) is 5.11 Å². The smallest absolute Gasteiger partial charge is 0.328 e. The Bertz CT molecular complexity index is 637.